The van der Waals surface area contributed by atoms with Gasteiger partial charge in [0.15, 0.2) is 0 Å². The first-order chi connectivity index (χ1) is 5.27. The third-order valence-electron chi connectivity index (χ3n) is 1.52. The smallest absolute Gasteiger partial charge is 0.0307 e. The van der Waals surface area contributed by atoms with Gasteiger partial charge in [-0.3, -0.25) is 0 Å². The number of nitrogens with one attached hydrogen (secondary N) is 1. The number of hydrogen-bond donors (Lipinski definition) is 1. The van der Waals surface area contributed by atoms with E-state index in [4.69, 9.17) is 11.6 Å². The zero-order chi connectivity index (χ0) is 8.53. The monoisotopic (exact) mass is 175 g/mol. The van der Waals surface area contributed by atoms with Crippen molar-refractivity contribution in [3.8, 4) is 0 Å². The molecule has 0 aliphatic carbocycles. The molecular weight excluding hydrogens is 158 g/mol. The van der Waals surface area contributed by atoms with Crippen molar-refractivity contribution in [2.75, 3.05) is 13.1 Å². The molecule has 11 heavy (non-hydrogen) atoms. The maximum atomic E-state index is 5.56. The van der Waals surface area contributed by atoms with E-state index in [2.05, 4.69) is 18.8 Å². The van der Waals surface area contributed by atoms with Gasteiger partial charge < -0.3 is 5.32 Å². The molecule has 0 unspecified atom stereocenters. The van der Waals surface area contributed by atoms with Crippen LogP contribution in [0.3, 0.4) is 0 Å². The molecule has 0 aromatic rings. The van der Waals surface area contributed by atoms with Crippen molar-refractivity contribution < 1.29 is 0 Å². The van der Waals surface area contributed by atoms with Crippen molar-refractivity contribution in [3.05, 3.63) is 11.6 Å². The fraction of sp³-hybridized carbons (Fsp3) is 0.778. The van der Waals surface area contributed by atoms with E-state index < -0.39 is 0 Å². The van der Waals surface area contributed by atoms with Crippen LogP contribution in [0.1, 0.15) is 32.6 Å². The SMILES string of the molecule is C=C(Cl)CNCCCCCC. The highest BCUT2D eigenvalue weighted by molar-refractivity contribution is 6.29. The Kier molecular flexibility index (Phi) is 8.08. The van der Waals surface area contributed by atoms with E-state index in [1.54, 1.807) is 0 Å². The van der Waals surface area contributed by atoms with Gasteiger partial charge in [-0.05, 0) is 13.0 Å². The molecule has 0 spiro atoms. The van der Waals surface area contributed by atoms with E-state index in [1.165, 1.54) is 25.7 Å². The van der Waals surface area contributed by atoms with Gasteiger partial charge in [-0.15, -0.1) is 0 Å². The Morgan fingerprint density at radius 3 is 2.64 bits per heavy atom. The predicted molar refractivity (Wildman–Crippen MR) is 52.0 cm³/mol. The molecule has 0 rings (SSSR count). The normalized spacial score (nSPS) is 10.0. The average molecular weight is 176 g/mol. The van der Waals surface area contributed by atoms with Gasteiger partial charge in [0.25, 0.3) is 0 Å². The second-order valence-electron chi connectivity index (χ2n) is 2.75. The molecule has 0 atom stereocenters. The van der Waals surface area contributed by atoms with Crippen molar-refractivity contribution in [3.63, 3.8) is 0 Å². The second kappa shape index (κ2) is 8.09. The van der Waals surface area contributed by atoms with Crippen LogP contribution in [-0.2, 0) is 0 Å². The first-order valence-corrected chi connectivity index (χ1v) is 4.69. The summed E-state index contributed by atoms with van der Waals surface area (Å²) in [6.07, 6.45) is 5.20. The average Bonchev–Trinajstić information content (AvgIpc) is 1.96. The van der Waals surface area contributed by atoms with Crippen molar-refractivity contribution in [1.82, 2.24) is 5.32 Å². The maximum absolute atomic E-state index is 5.56. The predicted octanol–water partition coefficient (Wildman–Crippen LogP) is 2.91. The fourth-order valence-corrected chi connectivity index (χ4v) is 0.995. The van der Waals surface area contributed by atoms with Crippen LogP contribution in [0.2, 0.25) is 0 Å². The Labute approximate surface area is 74.8 Å². The molecule has 0 saturated carbocycles. The molecule has 66 valence electrons. The topological polar surface area (TPSA) is 12.0 Å². The van der Waals surface area contributed by atoms with Gasteiger partial charge in [-0.2, -0.15) is 0 Å². The van der Waals surface area contributed by atoms with Crippen molar-refractivity contribution >= 4 is 11.6 Å². The summed E-state index contributed by atoms with van der Waals surface area (Å²) in [6.45, 7) is 7.61. The van der Waals surface area contributed by atoms with Gasteiger partial charge in [-0.1, -0.05) is 44.4 Å². The number of hydrogen-bond acceptors (Lipinski definition) is 1. The number of halogens is 1. The van der Waals surface area contributed by atoms with E-state index in [0.29, 0.717) is 5.03 Å². The lowest BCUT2D eigenvalue weighted by Crippen LogP contribution is -2.16. The summed E-state index contributed by atoms with van der Waals surface area (Å²) in [5, 5.41) is 3.91. The zero-order valence-corrected chi connectivity index (χ0v) is 8.08. The van der Waals surface area contributed by atoms with E-state index in [0.717, 1.165) is 13.1 Å². The Hall–Kier alpha value is -0.0100. The van der Waals surface area contributed by atoms with Crippen molar-refractivity contribution in [1.29, 1.82) is 0 Å². The fourth-order valence-electron chi connectivity index (χ4n) is 0.901. The number of rotatable bonds is 7. The molecule has 0 saturated heterocycles. The first-order valence-electron chi connectivity index (χ1n) is 4.31. The largest absolute Gasteiger partial charge is 0.312 e. The standard InChI is InChI=1S/C9H18ClN/c1-3-4-5-6-7-11-8-9(2)10/h11H,2-8H2,1H3. The van der Waals surface area contributed by atoms with Gasteiger partial charge in [-0.25, -0.2) is 0 Å². The minimum absolute atomic E-state index is 0.695. The minimum Gasteiger partial charge on any atom is -0.312 e. The van der Waals surface area contributed by atoms with Crippen LogP contribution < -0.4 is 5.32 Å². The Bertz CT molecular complexity index is 102. The summed E-state index contributed by atoms with van der Waals surface area (Å²) in [6, 6.07) is 0. The highest BCUT2D eigenvalue weighted by Gasteiger charge is 1.88. The summed E-state index contributed by atoms with van der Waals surface area (Å²) in [7, 11) is 0. The molecule has 0 bridgehead atoms. The van der Waals surface area contributed by atoms with Gasteiger partial charge in [0, 0.05) is 11.6 Å². The molecular formula is C9H18ClN. The summed E-state index contributed by atoms with van der Waals surface area (Å²) >= 11 is 5.56. The summed E-state index contributed by atoms with van der Waals surface area (Å²) < 4.78 is 0. The van der Waals surface area contributed by atoms with Gasteiger partial charge in [0.2, 0.25) is 0 Å². The molecule has 0 aromatic carbocycles. The summed E-state index contributed by atoms with van der Waals surface area (Å²) in [5.74, 6) is 0. The molecule has 0 aliphatic heterocycles. The highest BCUT2D eigenvalue weighted by atomic mass is 35.5. The van der Waals surface area contributed by atoms with Crippen LogP contribution in [0.5, 0.6) is 0 Å². The van der Waals surface area contributed by atoms with E-state index in [9.17, 15) is 0 Å². The second-order valence-corrected chi connectivity index (χ2v) is 3.29. The lowest BCUT2D eigenvalue weighted by molar-refractivity contribution is 0.619. The Morgan fingerprint density at radius 1 is 1.36 bits per heavy atom. The first kappa shape index (κ1) is 11.0. The van der Waals surface area contributed by atoms with Gasteiger partial charge >= 0.3 is 0 Å². The summed E-state index contributed by atoms with van der Waals surface area (Å²) in [4.78, 5) is 0. The molecule has 0 aromatic heterocycles. The molecule has 0 aliphatic rings. The van der Waals surface area contributed by atoms with Crippen LogP contribution in [0, 0.1) is 0 Å². The van der Waals surface area contributed by atoms with Crippen LogP contribution in [-0.4, -0.2) is 13.1 Å². The molecule has 0 radical (unpaired) electrons. The summed E-state index contributed by atoms with van der Waals surface area (Å²) in [5.41, 5.74) is 0. The Balaban J connectivity index is 2.85. The molecule has 0 amide bonds. The van der Waals surface area contributed by atoms with Gasteiger partial charge in [0.1, 0.15) is 0 Å². The van der Waals surface area contributed by atoms with E-state index in [-0.39, 0.29) is 0 Å². The highest BCUT2D eigenvalue weighted by Crippen LogP contribution is 1.97. The number of unbranched alkanes of at least 4 members (excludes halogenated alkanes) is 3. The molecule has 1 nitrogen and oxygen atoms in total. The minimum atomic E-state index is 0.695. The molecule has 1 N–H and O–H groups in total. The van der Waals surface area contributed by atoms with E-state index >= 15 is 0 Å². The van der Waals surface area contributed by atoms with E-state index in [1.807, 2.05) is 0 Å². The van der Waals surface area contributed by atoms with Crippen molar-refractivity contribution in [2.45, 2.75) is 32.6 Å². The third kappa shape index (κ3) is 9.99. The molecule has 0 heterocycles. The van der Waals surface area contributed by atoms with Crippen LogP contribution in [0.25, 0.3) is 0 Å². The Morgan fingerprint density at radius 2 is 2.09 bits per heavy atom. The van der Waals surface area contributed by atoms with Gasteiger partial charge in [0.05, 0.1) is 0 Å². The zero-order valence-electron chi connectivity index (χ0n) is 7.33. The molecule has 2 heteroatoms. The molecule has 0 fully saturated rings. The van der Waals surface area contributed by atoms with Crippen LogP contribution in [0.15, 0.2) is 11.6 Å². The quantitative estimate of drug-likeness (QED) is 0.587. The third-order valence-corrected chi connectivity index (χ3v) is 1.66. The van der Waals surface area contributed by atoms with Crippen molar-refractivity contribution in [2.24, 2.45) is 0 Å². The van der Waals surface area contributed by atoms with Crippen LogP contribution in [0.4, 0.5) is 0 Å². The van der Waals surface area contributed by atoms with Crippen LogP contribution >= 0.6 is 11.6 Å². The lowest BCUT2D eigenvalue weighted by Gasteiger charge is -2.01. The lowest BCUT2D eigenvalue weighted by atomic mass is 10.2. The maximum Gasteiger partial charge on any atom is 0.0307 e.